The van der Waals surface area contributed by atoms with Crippen LogP contribution in [0.5, 0.6) is 5.75 Å². The second-order valence-corrected chi connectivity index (χ2v) is 3.70. The molecule has 83 valence electrons. The van der Waals surface area contributed by atoms with Crippen LogP contribution in [0.1, 0.15) is 38.2 Å². The van der Waals surface area contributed by atoms with Gasteiger partial charge in [-0.3, -0.25) is 0 Å². The third kappa shape index (κ3) is 4.84. The molecule has 0 aliphatic rings. The lowest BCUT2D eigenvalue weighted by Gasteiger charge is -2.06. The number of hydrogen-bond acceptors (Lipinski definition) is 1. The molecule has 0 aliphatic carbocycles. The predicted molar refractivity (Wildman–Crippen MR) is 60.5 cm³/mol. The Kier molecular flexibility index (Phi) is 5.86. The fourth-order valence-electron chi connectivity index (χ4n) is 1.44. The van der Waals surface area contributed by atoms with Crippen LogP contribution in [0.15, 0.2) is 24.3 Å². The summed E-state index contributed by atoms with van der Waals surface area (Å²) in [5.74, 6) is 0.819. The van der Waals surface area contributed by atoms with Gasteiger partial charge in [0.1, 0.15) is 12.4 Å². The molecule has 0 saturated heterocycles. The standard InChI is InChI=1S/C13H19O2/c1-2-3-4-5-9-15-13-8-6-7-12(10-13)11-14/h6-8,10H,2-5,9,11H2,1H3. The smallest absolute Gasteiger partial charge is 0.119 e. The van der Waals surface area contributed by atoms with Gasteiger partial charge in [0.05, 0.1) is 6.61 Å². The average molecular weight is 207 g/mol. The van der Waals surface area contributed by atoms with Gasteiger partial charge in [-0.1, -0.05) is 38.3 Å². The van der Waals surface area contributed by atoms with Gasteiger partial charge in [-0.25, -0.2) is 5.11 Å². The van der Waals surface area contributed by atoms with Gasteiger partial charge in [-0.05, 0) is 24.1 Å². The highest BCUT2D eigenvalue weighted by atomic mass is 16.5. The Balaban J connectivity index is 2.24. The van der Waals surface area contributed by atoms with Crippen LogP contribution in [-0.4, -0.2) is 6.61 Å². The molecule has 0 aliphatic heterocycles. The van der Waals surface area contributed by atoms with Crippen LogP contribution in [0.3, 0.4) is 0 Å². The van der Waals surface area contributed by atoms with Crippen LogP contribution >= 0.6 is 0 Å². The summed E-state index contributed by atoms with van der Waals surface area (Å²) in [7, 11) is 0. The second-order valence-electron chi connectivity index (χ2n) is 3.70. The van der Waals surface area contributed by atoms with E-state index in [0.717, 1.165) is 24.3 Å². The van der Waals surface area contributed by atoms with Crippen molar-refractivity contribution in [3.8, 4) is 5.75 Å². The van der Waals surface area contributed by atoms with E-state index in [4.69, 9.17) is 4.74 Å². The van der Waals surface area contributed by atoms with E-state index in [2.05, 4.69) is 6.92 Å². The second kappa shape index (κ2) is 7.30. The predicted octanol–water partition coefficient (Wildman–Crippen LogP) is 3.58. The summed E-state index contributed by atoms with van der Waals surface area (Å²) < 4.78 is 5.56. The molecule has 0 aromatic heterocycles. The Morgan fingerprint density at radius 2 is 2.07 bits per heavy atom. The summed E-state index contributed by atoms with van der Waals surface area (Å²) in [6, 6.07) is 7.43. The molecular formula is C13H19O2. The van der Waals surface area contributed by atoms with E-state index < -0.39 is 0 Å². The maximum atomic E-state index is 10.6. The van der Waals surface area contributed by atoms with Crippen LogP contribution in [0.2, 0.25) is 0 Å². The minimum atomic E-state index is -0.174. The maximum Gasteiger partial charge on any atom is 0.119 e. The monoisotopic (exact) mass is 207 g/mol. The molecule has 1 rings (SSSR count). The molecule has 2 heteroatoms. The number of hydrogen-bond donors (Lipinski definition) is 0. The molecule has 15 heavy (non-hydrogen) atoms. The van der Waals surface area contributed by atoms with Crippen LogP contribution in [0, 0.1) is 0 Å². The number of ether oxygens (including phenoxy) is 1. The van der Waals surface area contributed by atoms with Gasteiger partial charge in [0.2, 0.25) is 0 Å². The van der Waals surface area contributed by atoms with Crippen molar-refractivity contribution in [2.75, 3.05) is 6.61 Å². The first-order chi connectivity index (χ1) is 7.36. The largest absolute Gasteiger partial charge is 0.494 e. The molecule has 0 unspecified atom stereocenters. The highest BCUT2D eigenvalue weighted by molar-refractivity contribution is 5.27. The first-order valence-corrected chi connectivity index (χ1v) is 5.66. The third-order valence-corrected chi connectivity index (χ3v) is 2.33. The van der Waals surface area contributed by atoms with Gasteiger partial charge in [0.25, 0.3) is 0 Å². The first kappa shape index (κ1) is 12.1. The van der Waals surface area contributed by atoms with Gasteiger partial charge in [-0.15, -0.1) is 0 Å². The van der Waals surface area contributed by atoms with Gasteiger partial charge in [0.15, 0.2) is 0 Å². The summed E-state index contributed by atoms with van der Waals surface area (Å²) >= 11 is 0. The van der Waals surface area contributed by atoms with E-state index in [0.29, 0.717) is 0 Å². The highest BCUT2D eigenvalue weighted by Gasteiger charge is 1.96. The zero-order chi connectivity index (χ0) is 10.9. The third-order valence-electron chi connectivity index (χ3n) is 2.33. The number of unbranched alkanes of at least 4 members (excludes halogenated alkanes) is 3. The fraction of sp³-hybridized carbons (Fsp3) is 0.538. The van der Waals surface area contributed by atoms with E-state index in [1.165, 1.54) is 19.3 Å². The SMILES string of the molecule is CCCCCCOc1cccc(C[O])c1. The highest BCUT2D eigenvalue weighted by Crippen LogP contribution is 2.14. The van der Waals surface area contributed by atoms with Crippen molar-refractivity contribution in [1.82, 2.24) is 0 Å². The van der Waals surface area contributed by atoms with E-state index in [9.17, 15) is 5.11 Å². The van der Waals surface area contributed by atoms with Crippen molar-refractivity contribution < 1.29 is 9.84 Å². The normalized spacial score (nSPS) is 10.3. The topological polar surface area (TPSA) is 29.1 Å². The molecule has 0 saturated carbocycles. The molecular weight excluding hydrogens is 188 g/mol. The van der Waals surface area contributed by atoms with Crippen LogP contribution < -0.4 is 4.74 Å². The van der Waals surface area contributed by atoms with Gasteiger partial charge < -0.3 is 4.74 Å². The Labute approximate surface area is 91.9 Å². The molecule has 0 amide bonds. The summed E-state index contributed by atoms with van der Waals surface area (Å²) in [6.45, 7) is 2.77. The van der Waals surface area contributed by atoms with Gasteiger partial charge >= 0.3 is 0 Å². The zero-order valence-electron chi connectivity index (χ0n) is 9.37. The average Bonchev–Trinajstić information content (AvgIpc) is 2.29. The number of rotatable bonds is 7. The quantitative estimate of drug-likeness (QED) is 0.628. The van der Waals surface area contributed by atoms with Crippen molar-refractivity contribution in [2.24, 2.45) is 0 Å². The molecule has 1 aromatic carbocycles. The molecule has 1 aromatic rings. The minimum Gasteiger partial charge on any atom is -0.494 e. The van der Waals surface area contributed by atoms with Crippen molar-refractivity contribution in [3.05, 3.63) is 29.8 Å². The van der Waals surface area contributed by atoms with Crippen LogP contribution in [-0.2, 0) is 11.7 Å². The Morgan fingerprint density at radius 1 is 1.20 bits per heavy atom. The molecule has 0 fully saturated rings. The lowest BCUT2D eigenvalue weighted by Crippen LogP contribution is -1.97. The molecule has 0 spiro atoms. The number of benzene rings is 1. The summed E-state index contributed by atoms with van der Waals surface area (Å²) in [4.78, 5) is 0. The Hall–Kier alpha value is -1.02. The molecule has 0 bridgehead atoms. The fourth-order valence-corrected chi connectivity index (χ4v) is 1.44. The molecule has 0 N–H and O–H groups in total. The Morgan fingerprint density at radius 3 is 2.80 bits per heavy atom. The first-order valence-electron chi connectivity index (χ1n) is 5.66. The van der Waals surface area contributed by atoms with E-state index in [1.807, 2.05) is 24.3 Å². The van der Waals surface area contributed by atoms with E-state index in [-0.39, 0.29) is 6.61 Å². The zero-order valence-corrected chi connectivity index (χ0v) is 9.37. The van der Waals surface area contributed by atoms with Gasteiger partial charge in [-0.2, -0.15) is 0 Å². The molecule has 2 nitrogen and oxygen atoms in total. The maximum absolute atomic E-state index is 10.6. The van der Waals surface area contributed by atoms with Crippen molar-refractivity contribution in [1.29, 1.82) is 0 Å². The van der Waals surface area contributed by atoms with Crippen molar-refractivity contribution in [2.45, 2.75) is 39.2 Å². The van der Waals surface area contributed by atoms with Crippen molar-refractivity contribution >= 4 is 0 Å². The molecule has 0 heterocycles. The van der Waals surface area contributed by atoms with Crippen molar-refractivity contribution in [3.63, 3.8) is 0 Å². The van der Waals surface area contributed by atoms with Gasteiger partial charge in [0, 0.05) is 0 Å². The summed E-state index contributed by atoms with van der Waals surface area (Å²) in [5.41, 5.74) is 0.793. The van der Waals surface area contributed by atoms with Crippen LogP contribution in [0.25, 0.3) is 0 Å². The minimum absolute atomic E-state index is 0.174. The summed E-state index contributed by atoms with van der Waals surface area (Å²) in [5, 5.41) is 10.6. The molecule has 0 atom stereocenters. The lowest BCUT2D eigenvalue weighted by atomic mass is 10.2. The van der Waals surface area contributed by atoms with E-state index in [1.54, 1.807) is 0 Å². The van der Waals surface area contributed by atoms with Crippen LogP contribution in [0.4, 0.5) is 0 Å². The lowest BCUT2D eigenvalue weighted by molar-refractivity contribution is 0.177. The molecule has 1 radical (unpaired) electrons. The van der Waals surface area contributed by atoms with E-state index >= 15 is 0 Å². The Bertz CT molecular complexity index is 271. The summed E-state index contributed by atoms with van der Waals surface area (Å²) in [6.07, 6.45) is 4.82.